The Bertz CT molecular complexity index is 321. The molecule has 0 spiro atoms. The third-order valence-electron chi connectivity index (χ3n) is 1.71. The van der Waals surface area contributed by atoms with Crippen molar-refractivity contribution in [3.05, 3.63) is 35.4 Å². The molecule has 70 valence electrons. The fourth-order valence-electron chi connectivity index (χ4n) is 1.07. The zero-order valence-corrected chi connectivity index (χ0v) is 7.31. The maximum absolute atomic E-state index is 13.0. The second-order valence-electron chi connectivity index (χ2n) is 2.80. The van der Waals surface area contributed by atoms with Crippen LogP contribution in [0.2, 0.25) is 0 Å². The van der Waals surface area contributed by atoms with E-state index < -0.39 is 11.6 Å². The van der Waals surface area contributed by atoms with Crippen LogP contribution in [0.4, 0.5) is 8.78 Å². The Hall–Kier alpha value is -1.25. The van der Waals surface area contributed by atoms with Crippen LogP contribution in [0.3, 0.4) is 0 Å². The third-order valence-corrected chi connectivity index (χ3v) is 1.71. The normalized spacial score (nSPS) is 10.1. The molecule has 0 saturated carbocycles. The van der Waals surface area contributed by atoms with E-state index in [1.165, 1.54) is 0 Å². The summed E-state index contributed by atoms with van der Waals surface area (Å²) in [6, 6.07) is 2.91. The van der Waals surface area contributed by atoms with Gasteiger partial charge in [-0.3, -0.25) is 4.79 Å². The minimum Gasteiger partial charge on any atom is -0.294 e. The highest BCUT2D eigenvalue weighted by Gasteiger charge is 2.11. The highest BCUT2D eigenvalue weighted by molar-refractivity contribution is 5.96. The van der Waals surface area contributed by atoms with Crippen LogP contribution in [-0.2, 0) is 0 Å². The topological polar surface area (TPSA) is 17.1 Å². The van der Waals surface area contributed by atoms with E-state index >= 15 is 0 Å². The molecular formula is C10H10F2O. The number of ketones is 1. The van der Waals surface area contributed by atoms with Gasteiger partial charge in [0.25, 0.3) is 0 Å². The zero-order valence-electron chi connectivity index (χ0n) is 7.31. The number of hydrogen-bond acceptors (Lipinski definition) is 1. The Balaban J connectivity index is 2.99. The van der Waals surface area contributed by atoms with Crippen molar-refractivity contribution in [2.75, 3.05) is 0 Å². The summed E-state index contributed by atoms with van der Waals surface area (Å²) < 4.78 is 25.6. The van der Waals surface area contributed by atoms with Crippen molar-refractivity contribution in [1.82, 2.24) is 0 Å². The molecule has 0 aliphatic carbocycles. The second-order valence-corrected chi connectivity index (χ2v) is 2.80. The standard InChI is InChI=1S/C10H10F2O/c1-2-3-10(13)8-6-7(11)4-5-9(8)12/h4-6H,2-3H2,1H3. The van der Waals surface area contributed by atoms with Gasteiger partial charge in [0.1, 0.15) is 11.6 Å². The summed E-state index contributed by atoms with van der Waals surface area (Å²) in [4.78, 5) is 11.2. The van der Waals surface area contributed by atoms with Gasteiger partial charge in [-0.25, -0.2) is 8.78 Å². The molecule has 1 aromatic carbocycles. The largest absolute Gasteiger partial charge is 0.294 e. The Morgan fingerprint density at radius 2 is 2.08 bits per heavy atom. The summed E-state index contributed by atoms with van der Waals surface area (Å²) in [6.07, 6.45) is 0.884. The Morgan fingerprint density at radius 1 is 1.38 bits per heavy atom. The summed E-state index contributed by atoms with van der Waals surface area (Å²) in [5, 5.41) is 0. The van der Waals surface area contributed by atoms with E-state index in [0.717, 1.165) is 18.2 Å². The van der Waals surface area contributed by atoms with Crippen LogP contribution in [0.5, 0.6) is 0 Å². The van der Waals surface area contributed by atoms with Crippen molar-refractivity contribution < 1.29 is 13.6 Å². The van der Waals surface area contributed by atoms with Crippen LogP contribution in [0, 0.1) is 11.6 Å². The molecule has 0 N–H and O–H groups in total. The van der Waals surface area contributed by atoms with E-state index in [0.29, 0.717) is 6.42 Å². The monoisotopic (exact) mass is 184 g/mol. The molecule has 0 aliphatic rings. The minimum atomic E-state index is -0.653. The Kier molecular flexibility index (Phi) is 3.12. The van der Waals surface area contributed by atoms with E-state index in [1.54, 1.807) is 0 Å². The van der Waals surface area contributed by atoms with Gasteiger partial charge >= 0.3 is 0 Å². The summed E-state index contributed by atoms with van der Waals surface area (Å²) in [5.74, 6) is -1.58. The number of carbonyl (C=O) groups excluding carboxylic acids is 1. The third kappa shape index (κ3) is 2.34. The number of Topliss-reactive ketones (excluding diaryl/α,β-unsaturated/α-hetero) is 1. The number of carbonyl (C=O) groups is 1. The molecule has 1 aromatic rings. The first-order valence-corrected chi connectivity index (χ1v) is 4.13. The van der Waals surface area contributed by atoms with Gasteiger partial charge in [0.2, 0.25) is 0 Å². The van der Waals surface area contributed by atoms with Gasteiger partial charge in [0, 0.05) is 6.42 Å². The molecule has 0 saturated heterocycles. The second kappa shape index (κ2) is 4.12. The lowest BCUT2D eigenvalue weighted by atomic mass is 10.1. The quantitative estimate of drug-likeness (QED) is 0.660. The van der Waals surface area contributed by atoms with Gasteiger partial charge in [0.15, 0.2) is 5.78 Å². The molecule has 0 heterocycles. The van der Waals surface area contributed by atoms with E-state index in [4.69, 9.17) is 0 Å². The lowest BCUT2D eigenvalue weighted by Crippen LogP contribution is -2.02. The first kappa shape index (κ1) is 9.84. The summed E-state index contributed by atoms with van der Waals surface area (Å²) in [5.41, 5.74) is -0.151. The number of halogens is 2. The molecule has 1 rings (SSSR count). The van der Waals surface area contributed by atoms with Crippen molar-refractivity contribution in [1.29, 1.82) is 0 Å². The van der Waals surface area contributed by atoms with Crippen LogP contribution < -0.4 is 0 Å². The van der Waals surface area contributed by atoms with Gasteiger partial charge < -0.3 is 0 Å². The molecule has 3 heteroatoms. The molecule has 0 bridgehead atoms. The molecule has 0 amide bonds. The first-order valence-electron chi connectivity index (χ1n) is 4.13. The smallest absolute Gasteiger partial charge is 0.165 e. The molecule has 13 heavy (non-hydrogen) atoms. The number of benzene rings is 1. The number of hydrogen-bond donors (Lipinski definition) is 0. The van der Waals surface area contributed by atoms with E-state index in [9.17, 15) is 13.6 Å². The van der Waals surface area contributed by atoms with E-state index in [2.05, 4.69) is 0 Å². The van der Waals surface area contributed by atoms with Crippen LogP contribution in [0.1, 0.15) is 30.1 Å². The lowest BCUT2D eigenvalue weighted by molar-refractivity contribution is 0.0977. The average molecular weight is 184 g/mol. The van der Waals surface area contributed by atoms with Crippen LogP contribution >= 0.6 is 0 Å². The molecule has 0 atom stereocenters. The Labute approximate surface area is 75.4 Å². The van der Waals surface area contributed by atoms with Gasteiger partial charge in [-0.2, -0.15) is 0 Å². The maximum Gasteiger partial charge on any atom is 0.165 e. The highest BCUT2D eigenvalue weighted by atomic mass is 19.1. The summed E-state index contributed by atoms with van der Waals surface area (Å²) >= 11 is 0. The van der Waals surface area contributed by atoms with Gasteiger partial charge in [-0.1, -0.05) is 6.92 Å². The molecule has 0 aliphatic heterocycles. The van der Waals surface area contributed by atoms with Crippen LogP contribution in [-0.4, -0.2) is 5.78 Å². The lowest BCUT2D eigenvalue weighted by Gasteiger charge is -2.00. The Morgan fingerprint density at radius 3 is 2.69 bits per heavy atom. The van der Waals surface area contributed by atoms with Gasteiger partial charge in [-0.05, 0) is 24.6 Å². The predicted molar refractivity (Wildman–Crippen MR) is 45.6 cm³/mol. The molecule has 0 fully saturated rings. The minimum absolute atomic E-state index is 0.151. The zero-order chi connectivity index (χ0) is 9.84. The maximum atomic E-state index is 13.0. The van der Waals surface area contributed by atoms with Gasteiger partial charge in [0.05, 0.1) is 5.56 Å². The van der Waals surface area contributed by atoms with Crippen molar-refractivity contribution >= 4 is 5.78 Å². The van der Waals surface area contributed by atoms with E-state index in [-0.39, 0.29) is 17.8 Å². The molecule has 0 aromatic heterocycles. The SMILES string of the molecule is CCCC(=O)c1cc(F)ccc1F. The summed E-state index contributed by atoms with van der Waals surface area (Å²) in [7, 11) is 0. The van der Waals surface area contributed by atoms with Crippen molar-refractivity contribution in [2.24, 2.45) is 0 Å². The fraction of sp³-hybridized carbons (Fsp3) is 0.300. The first-order chi connectivity index (χ1) is 6.15. The fourth-order valence-corrected chi connectivity index (χ4v) is 1.07. The molecule has 0 radical (unpaired) electrons. The number of rotatable bonds is 3. The molecular weight excluding hydrogens is 174 g/mol. The van der Waals surface area contributed by atoms with Gasteiger partial charge in [-0.15, -0.1) is 0 Å². The van der Waals surface area contributed by atoms with Crippen molar-refractivity contribution in [3.8, 4) is 0 Å². The summed E-state index contributed by atoms with van der Waals surface area (Å²) in [6.45, 7) is 1.81. The highest BCUT2D eigenvalue weighted by Crippen LogP contribution is 2.12. The predicted octanol–water partition coefficient (Wildman–Crippen LogP) is 2.95. The molecule has 0 unspecified atom stereocenters. The van der Waals surface area contributed by atoms with Crippen LogP contribution in [0.25, 0.3) is 0 Å². The van der Waals surface area contributed by atoms with Crippen molar-refractivity contribution in [2.45, 2.75) is 19.8 Å². The average Bonchev–Trinajstić information content (AvgIpc) is 2.09. The van der Waals surface area contributed by atoms with E-state index in [1.807, 2.05) is 6.92 Å². The van der Waals surface area contributed by atoms with Crippen molar-refractivity contribution in [3.63, 3.8) is 0 Å². The molecule has 1 nitrogen and oxygen atoms in total. The van der Waals surface area contributed by atoms with Crippen LogP contribution in [0.15, 0.2) is 18.2 Å².